The maximum atomic E-state index is 12.7. The van der Waals surface area contributed by atoms with Crippen LogP contribution in [0.4, 0.5) is 0 Å². The Bertz CT molecular complexity index is 330. The monoisotopic (exact) mass is 266 g/mol. The van der Waals surface area contributed by atoms with E-state index in [1.54, 1.807) is 0 Å². The maximum absolute atomic E-state index is 12.7. The van der Waals surface area contributed by atoms with Gasteiger partial charge in [0.25, 0.3) is 0 Å². The highest BCUT2D eigenvalue weighted by Gasteiger charge is 2.41. The zero-order valence-electron chi connectivity index (χ0n) is 13.0. The lowest BCUT2D eigenvalue weighted by atomic mass is 9.74. The topological polar surface area (TPSA) is 41.1 Å². The van der Waals surface area contributed by atoms with Crippen LogP contribution in [0.2, 0.25) is 0 Å². The minimum absolute atomic E-state index is 0.251. The van der Waals surface area contributed by atoms with Crippen molar-refractivity contribution >= 4 is 5.91 Å². The van der Waals surface area contributed by atoms with Gasteiger partial charge in [-0.2, -0.15) is 0 Å². The minimum Gasteiger partial charge on any atom is -0.352 e. The molecule has 0 aromatic carbocycles. The van der Waals surface area contributed by atoms with E-state index >= 15 is 0 Å². The molecule has 1 aliphatic heterocycles. The summed E-state index contributed by atoms with van der Waals surface area (Å²) in [6.07, 6.45) is 5.96. The van der Waals surface area contributed by atoms with E-state index in [0.717, 1.165) is 19.5 Å². The van der Waals surface area contributed by atoms with Gasteiger partial charge in [-0.1, -0.05) is 34.1 Å². The van der Waals surface area contributed by atoms with Crippen LogP contribution in [0.25, 0.3) is 0 Å². The second kappa shape index (κ2) is 5.43. The normalized spacial score (nSPS) is 31.2. The molecule has 0 aromatic rings. The Kier molecular flexibility index (Phi) is 4.24. The zero-order valence-corrected chi connectivity index (χ0v) is 13.0. The van der Waals surface area contributed by atoms with Crippen molar-refractivity contribution < 1.29 is 4.79 Å². The van der Waals surface area contributed by atoms with Crippen molar-refractivity contribution in [2.75, 3.05) is 13.1 Å². The first-order valence-corrected chi connectivity index (χ1v) is 7.86. The number of carbonyl (C=O) groups excluding carboxylic acids is 1. The third-order valence-corrected chi connectivity index (χ3v) is 5.47. The summed E-state index contributed by atoms with van der Waals surface area (Å²) < 4.78 is 0. The highest BCUT2D eigenvalue weighted by Crippen LogP contribution is 2.39. The Balaban J connectivity index is 1.98. The number of nitrogens with one attached hydrogen (secondary N) is 2. The van der Waals surface area contributed by atoms with Crippen LogP contribution in [-0.2, 0) is 4.79 Å². The Morgan fingerprint density at radius 1 is 1.26 bits per heavy atom. The second-order valence-corrected chi connectivity index (χ2v) is 7.67. The smallest absolute Gasteiger partial charge is 0.226 e. The molecule has 2 rings (SSSR count). The van der Waals surface area contributed by atoms with Gasteiger partial charge in [-0.05, 0) is 50.1 Å². The highest BCUT2D eigenvalue weighted by atomic mass is 16.2. The lowest BCUT2D eigenvalue weighted by Gasteiger charge is -2.38. The molecular weight excluding hydrogens is 236 g/mol. The number of carbonyl (C=O) groups is 1. The first-order valence-electron chi connectivity index (χ1n) is 7.86. The maximum Gasteiger partial charge on any atom is 0.226 e. The Morgan fingerprint density at radius 3 is 2.53 bits per heavy atom. The van der Waals surface area contributed by atoms with Gasteiger partial charge in [0.05, 0.1) is 0 Å². The fourth-order valence-corrected chi connectivity index (χ4v) is 3.59. The SMILES string of the molecule is CC1(C)CCCC1NC(=O)C(C)(C)C1CCCNC1. The largest absolute Gasteiger partial charge is 0.352 e. The van der Waals surface area contributed by atoms with Gasteiger partial charge in [0, 0.05) is 11.5 Å². The fourth-order valence-electron chi connectivity index (χ4n) is 3.59. The lowest BCUT2D eigenvalue weighted by Crippen LogP contribution is -2.51. The summed E-state index contributed by atoms with van der Waals surface area (Å²) in [7, 11) is 0. The molecule has 2 atom stereocenters. The average Bonchev–Trinajstić information content (AvgIpc) is 2.70. The van der Waals surface area contributed by atoms with Gasteiger partial charge in [0.1, 0.15) is 0 Å². The zero-order chi connectivity index (χ0) is 14.1. The van der Waals surface area contributed by atoms with Crippen LogP contribution in [0.1, 0.15) is 59.8 Å². The molecule has 1 saturated heterocycles. The Labute approximate surface area is 117 Å². The van der Waals surface area contributed by atoms with E-state index in [1.807, 2.05) is 0 Å². The molecule has 1 saturated carbocycles. The molecule has 0 bridgehead atoms. The van der Waals surface area contributed by atoms with Gasteiger partial charge >= 0.3 is 0 Å². The van der Waals surface area contributed by atoms with Gasteiger partial charge in [-0.25, -0.2) is 0 Å². The number of rotatable bonds is 3. The van der Waals surface area contributed by atoms with E-state index in [1.165, 1.54) is 25.7 Å². The lowest BCUT2D eigenvalue weighted by molar-refractivity contribution is -0.134. The number of amides is 1. The third kappa shape index (κ3) is 3.13. The van der Waals surface area contributed by atoms with Crippen molar-refractivity contribution in [2.24, 2.45) is 16.7 Å². The van der Waals surface area contributed by atoms with Crippen LogP contribution in [0.3, 0.4) is 0 Å². The van der Waals surface area contributed by atoms with Crippen LogP contribution >= 0.6 is 0 Å². The summed E-state index contributed by atoms with van der Waals surface area (Å²) in [5.74, 6) is 0.715. The molecule has 0 spiro atoms. The fraction of sp³-hybridized carbons (Fsp3) is 0.938. The molecule has 2 aliphatic rings. The quantitative estimate of drug-likeness (QED) is 0.824. The highest BCUT2D eigenvalue weighted by molar-refractivity contribution is 5.82. The molecule has 0 radical (unpaired) electrons. The summed E-state index contributed by atoms with van der Waals surface area (Å²) in [4.78, 5) is 12.7. The van der Waals surface area contributed by atoms with Crippen molar-refractivity contribution in [1.82, 2.24) is 10.6 Å². The minimum atomic E-state index is -0.258. The number of hydrogen-bond acceptors (Lipinski definition) is 2. The second-order valence-electron chi connectivity index (χ2n) is 7.67. The molecule has 1 aliphatic carbocycles. The van der Waals surface area contributed by atoms with E-state index < -0.39 is 0 Å². The van der Waals surface area contributed by atoms with Gasteiger partial charge in [-0.15, -0.1) is 0 Å². The molecular formula is C16H30N2O. The Hall–Kier alpha value is -0.570. The summed E-state index contributed by atoms with van der Waals surface area (Å²) in [5, 5.41) is 6.77. The van der Waals surface area contributed by atoms with Gasteiger partial charge < -0.3 is 10.6 Å². The predicted octanol–water partition coefficient (Wildman–Crippen LogP) is 2.71. The standard InChI is InChI=1S/C16H30N2O/c1-15(2)9-5-8-13(15)18-14(19)16(3,4)12-7-6-10-17-11-12/h12-13,17H,5-11H2,1-4H3,(H,18,19). The molecule has 0 aromatic heterocycles. The van der Waals surface area contributed by atoms with Crippen molar-refractivity contribution in [3.63, 3.8) is 0 Å². The van der Waals surface area contributed by atoms with Crippen LogP contribution in [0.15, 0.2) is 0 Å². The van der Waals surface area contributed by atoms with Crippen molar-refractivity contribution in [3.8, 4) is 0 Å². The van der Waals surface area contributed by atoms with E-state index in [2.05, 4.69) is 38.3 Å². The van der Waals surface area contributed by atoms with Gasteiger partial charge in [0.2, 0.25) is 5.91 Å². The molecule has 1 amide bonds. The molecule has 3 heteroatoms. The summed E-state index contributed by atoms with van der Waals surface area (Å²) in [6, 6.07) is 0.357. The van der Waals surface area contributed by atoms with Crippen LogP contribution in [-0.4, -0.2) is 25.0 Å². The molecule has 3 nitrogen and oxygen atoms in total. The number of piperidine rings is 1. The number of hydrogen-bond donors (Lipinski definition) is 2. The van der Waals surface area contributed by atoms with E-state index in [9.17, 15) is 4.79 Å². The van der Waals surface area contributed by atoms with Gasteiger partial charge in [0.15, 0.2) is 0 Å². The summed E-state index contributed by atoms with van der Waals surface area (Å²) >= 11 is 0. The first-order chi connectivity index (χ1) is 8.84. The van der Waals surface area contributed by atoms with Crippen LogP contribution in [0.5, 0.6) is 0 Å². The van der Waals surface area contributed by atoms with E-state index in [4.69, 9.17) is 0 Å². The molecule has 110 valence electrons. The molecule has 2 unspecified atom stereocenters. The van der Waals surface area contributed by atoms with E-state index in [0.29, 0.717) is 12.0 Å². The average molecular weight is 266 g/mol. The van der Waals surface area contributed by atoms with Crippen molar-refractivity contribution in [2.45, 2.75) is 65.8 Å². The third-order valence-electron chi connectivity index (χ3n) is 5.47. The molecule has 2 N–H and O–H groups in total. The predicted molar refractivity (Wildman–Crippen MR) is 78.9 cm³/mol. The van der Waals surface area contributed by atoms with Crippen LogP contribution in [0, 0.1) is 16.7 Å². The van der Waals surface area contributed by atoms with Crippen molar-refractivity contribution in [1.29, 1.82) is 0 Å². The molecule has 19 heavy (non-hydrogen) atoms. The first kappa shape index (κ1) is 14.8. The molecule has 2 fully saturated rings. The summed E-state index contributed by atoms with van der Waals surface area (Å²) in [6.45, 7) is 10.9. The van der Waals surface area contributed by atoms with Gasteiger partial charge in [-0.3, -0.25) is 4.79 Å². The van der Waals surface area contributed by atoms with E-state index in [-0.39, 0.29) is 16.7 Å². The Morgan fingerprint density at radius 2 is 2.00 bits per heavy atom. The molecule has 1 heterocycles. The summed E-state index contributed by atoms with van der Waals surface area (Å²) in [5.41, 5.74) is 0.00262. The van der Waals surface area contributed by atoms with Crippen LogP contribution < -0.4 is 10.6 Å². The van der Waals surface area contributed by atoms with Crippen molar-refractivity contribution in [3.05, 3.63) is 0 Å².